The fraction of sp³-hybridized carbons (Fsp3) is 0.333. The van der Waals surface area contributed by atoms with E-state index in [4.69, 9.17) is 0 Å². The first-order valence-corrected chi connectivity index (χ1v) is 9.02. The SMILES string of the molecule is O=C(CCCc1ccccc1F)NCc1cccc(C(=O)NC2CC2)c1. The van der Waals surface area contributed by atoms with Crippen molar-refractivity contribution < 1.29 is 14.0 Å². The highest BCUT2D eigenvalue weighted by molar-refractivity contribution is 5.94. The van der Waals surface area contributed by atoms with Crippen molar-refractivity contribution in [1.82, 2.24) is 10.6 Å². The second kappa shape index (κ2) is 8.61. The van der Waals surface area contributed by atoms with E-state index in [0.29, 0.717) is 43.0 Å². The van der Waals surface area contributed by atoms with E-state index in [1.54, 1.807) is 30.3 Å². The van der Waals surface area contributed by atoms with Crippen LogP contribution in [-0.4, -0.2) is 17.9 Å². The van der Waals surface area contributed by atoms with Gasteiger partial charge < -0.3 is 10.6 Å². The molecule has 3 rings (SSSR count). The van der Waals surface area contributed by atoms with E-state index >= 15 is 0 Å². The number of benzene rings is 2. The number of amides is 2. The summed E-state index contributed by atoms with van der Waals surface area (Å²) in [6.07, 6.45) is 3.58. The third-order valence-electron chi connectivity index (χ3n) is 4.40. The van der Waals surface area contributed by atoms with Crippen LogP contribution in [0.2, 0.25) is 0 Å². The van der Waals surface area contributed by atoms with Gasteiger partial charge in [0.15, 0.2) is 0 Å². The molecule has 1 fully saturated rings. The second-order valence-electron chi connectivity index (χ2n) is 6.67. The van der Waals surface area contributed by atoms with Gasteiger partial charge in [0.1, 0.15) is 5.82 Å². The minimum absolute atomic E-state index is 0.0643. The van der Waals surface area contributed by atoms with Gasteiger partial charge in [-0.15, -0.1) is 0 Å². The van der Waals surface area contributed by atoms with Crippen molar-refractivity contribution in [3.8, 4) is 0 Å². The van der Waals surface area contributed by atoms with Crippen LogP contribution in [0.5, 0.6) is 0 Å². The molecule has 26 heavy (non-hydrogen) atoms. The Kier molecular flexibility index (Phi) is 6.00. The van der Waals surface area contributed by atoms with Crippen LogP contribution in [0.15, 0.2) is 48.5 Å². The van der Waals surface area contributed by atoms with E-state index in [0.717, 1.165) is 18.4 Å². The molecule has 1 aliphatic carbocycles. The average molecular weight is 354 g/mol. The molecule has 1 saturated carbocycles. The predicted molar refractivity (Wildman–Crippen MR) is 98.1 cm³/mol. The molecule has 0 bridgehead atoms. The van der Waals surface area contributed by atoms with Gasteiger partial charge in [-0.05, 0) is 55.0 Å². The third-order valence-corrected chi connectivity index (χ3v) is 4.40. The summed E-state index contributed by atoms with van der Waals surface area (Å²) in [5.74, 6) is -0.367. The zero-order valence-electron chi connectivity index (χ0n) is 14.6. The Hall–Kier alpha value is -2.69. The molecule has 0 aliphatic heterocycles. The van der Waals surface area contributed by atoms with Crippen molar-refractivity contribution in [2.75, 3.05) is 0 Å². The van der Waals surface area contributed by atoms with E-state index in [2.05, 4.69) is 10.6 Å². The number of aryl methyl sites for hydroxylation is 1. The molecule has 4 nitrogen and oxygen atoms in total. The lowest BCUT2D eigenvalue weighted by Gasteiger charge is -2.08. The lowest BCUT2D eigenvalue weighted by molar-refractivity contribution is -0.121. The smallest absolute Gasteiger partial charge is 0.251 e. The molecule has 2 aromatic carbocycles. The standard InChI is InChI=1S/C21H23FN2O2/c22-19-9-2-1-6-16(19)7-4-10-20(25)23-14-15-5-3-8-17(13-15)21(26)24-18-11-12-18/h1-3,5-6,8-9,13,18H,4,7,10-12,14H2,(H,23,25)(H,24,26). The first kappa shape index (κ1) is 18.1. The van der Waals surface area contributed by atoms with Gasteiger partial charge in [0.2, 0.25) is 5.91 Å². The van der Waals surface area contributed by atoms with Crippen molar-refractivity contribution in [3.63, 3.8) is 0 Å². The summed E-state index contributed by atoms with van der Waals surface area (Å²) in [5.41, 5.74) is 2.13. The van der Waals surface area contributed by atoms with E-state index in [9.17, 15) is 14.0 Å². The van der Waals surface area contributed by atoms with Crippen molar-refractivity contribution in [3.05, 3.63) is 71.0 Å². The molecule has 0 aromatic heterocycles. The fourth-order valence-corrected chi connectivity index (χ4v) is 2.75. The molecule has 1 aliphatic rings. The fourth-order valence-electron chi connectivity index (χ4n) is 2.75. The van der Waals surface area contributed by atoms with Crippen LogP contribution in [0.25, 0.3) is 0 Å². The number of hydrogen-bond acceptors (Lipinski definition) is 2. The monoisotopic (exact) mass is 354 g/mol. The Morgan fingerprint density at radius 3 is 2.65 bits per heavy atom. The van der Waals surface area contributed by atoms with E-state index in [-0.39, 0.29) is 17.6 Å². The molecule has 2 aromatic rings. The maximum atomic E-state index is 13.5. The van der Waals surface area contributed by atoms with E-state index in [1.165, 1.54) is 6.07 Å². The predicted octanol–water partition coefficient (Wildman–Crippen LogP) is 3.36. The molecule has 136 valence electrons. The van der Waals surface area contributed by atoms with Crippen LogP contribution in [0.1, 0.15) is 47.2 Å². The summed E-state index contributed by atoms with van der Waals surface area (Å²) in [5, 5.41) is 5.81. The van der Waals surface area contributed by atoms with E-state index < -0.39 is 0 Å². The van der Waals surface area contributed by atoms with Crippen LogP contribution >= 0.6 is 0 Å². The zero-order valence-corrected chi connectivity index (χ0v) is 14.6. The Labute approximate surface area is 152 Å². The van der Waals surface area contributed by atoms with Gasteiger partial charge in [-0.2, -0.15) is 0 Å². The first-order valence-electron chi connectivity index (χ1n) is 9.02. The molecule has 2 amide bonds. The lowest BCUT2D eigenvalue weighted by atomic mass is 10.1. The zero-order chi connectivity index (χ0) is 18.4. The Morgan fingerprint density at radius 2 is 1.88 bits per heavy atom. The minimum atomic E-state index is -0.228. The van der Waals surface area contributed by atoms with Gasteiger partial charge >= 0.3 is 0 Å². The van der Waals surface area contributed by atoms with Crippen LogP contribution in [0, 0.1) is 5.82 Å². The molecule has 0 unspecified atom stereocenters. The summed E-state index contributed by atoms with van der Waals surface area (Å²) in [6.45, 7) is 0.378. The highest BCUT2D eigenvalue weighted by Crippen LogP contribution is 2.19. The van der Waals surface area contributed by atoms with Crippen LogP contribution in [0.4, 0.5) is 4.39 Å². The maximum Gasteiger partial charge on any atom is 0.251 e. The van der Waals surface area contributed by atoms with E-state index in [1.807, 2.05) is 12.1 Å². The number of nitrogens with one attached hydrogen (secondary N) is 2. The summed E-state index contributed by atoms with van der Waals surface area (Å²) in [4.78, 5) is 24.0. The molecule has 0 radical (unpaired) electrons. The van der Waals surface area contributed by atoms with Crippen LogP contribution in [0.3, 0.4) is 0 Å². The Bertz CT molecular complexity index is 787. The molecule has 0 saturated heterocycles. The normalized spacial score (nSPS) is 13.3. The van der Waals surface area contributed by atoms with Crippen molar-refractivity contribution in [2.45, 2.75) is 44.7 Å². The molecule has 5 heteroatoms. The molecular formula is C21H23FN2O2. The van der Waals surface area contributed by atoms with Gasteiger partial charge in [0.05, 0.1) is 0 Å². The quantitative estimate of drug-likeness (QED) is 0.764. The number of carbonyl (C=O) groups is 2. The largest absolute Gasteiger partial charge is 0.352 e. The minimum Gasteiger partial charge on any atom is -0.352 e. The Morgan fingerprint density at radius 1 is 1.08 bits per heavy atom. The lowest BCUT2D eigenvalue weighted by Crippen LogP contribution is -2.26. The number of carbonyl (C=O) groups excluding carboxylic acids is 2. The molecule has 0 spiro atoms. The molecule has 0 heterocycles. The van der Waals surface area contributed by atoms with Gasteiger partial charge in [0.25, 0.3) is 5.91 Å². The van der Waals surface area contributed by atoms with Gasteiger partial charge in [0, 0.05) is 24.6 Å². The summed E-state index contributed by atoms with van der Waals surface area (Å²) in [7, 11) is 0. The van der Waals surface area contributed by atoms with Crippen LogP contribution < -0.4 is 10.6 Å². The first-order chi connectivity index (χ1) is 12.6. The van der Waals surface area contributed by atoms with Gasteiger partial charge in [-0.3, -0.25) is 9.59 Å². The summed E-state index contributed by atoms with van der Waals surface area (Å²) < 4.78 is 13.5. The molecule has 2 N–H and O–H groups in total. The second-order valence-corrected chi connectivity index (χ2v) is 6.67. The van der Waals surface area contributed by atoms with Crippen molar-refractivity contribution in [2.24, 2.45) is 0 Å². The highest BCUT2D eigenvalue weighted by Gasteiger charge is 2.23. The summed E-state index contributed by atoms with van der Waals surface area (Å²) in [6, 6.07) is 14.2. The number of rotatable bonds is 8. The number of hydrogen-bond donors (Lipinski definition) is 2. The van der Waals surface area contributed by atoms with Gasteiger partial charge in [-0.1, -0.05) is 30.3 Å². The molecular weight excluding hydrogens is 331 g/mol. The van der Waals surface area contributed by atoms with Gasteiger partial charge in [-0.25, -0.2) is 4.39 Å². The topological polar surface area (TPSA) is 58.2 Å². The summed E-state index contributed by atoms with van der Waals surface area (Å²) >= 11 is 0. The highest BCUT2D eigenvalue weighted by atomic mass is 19.1. The Balaban J connectivity index is 1.42. The van der Waals surface area contributed by atoms with Crippen LogP contribution in [-0.2, 0) is 17.8 Å². The molecule has 0 atom stereocenters. The third kappa shape index (κ3) is 5.41. The van der Waals surface area contributed by atoms with Crippen molar-refractivity contribution >= 4 is 11.8 Å². The number of halogens is 1. The maximum absolute atomic E-state index is 13.5. The average Bonchev–Trinajstić information content (AvgIpc) is 3.46. The van der Waals surface area contributed by atoms with Crippen molar-refractivity contribution in [1.29, 1.82) is 0 Å².